The van der Waals surface area contributed by atoms with E-state index in [2.05, 4.69) is 173 Å². The van der Waals surface area contributed by atoms with E-state index in [0.717, 1.165) is 76.9 Å². The van der Waals surface area contributed by atoms with Gasteiger partial charge in [0.15, 0.2) is 0 Å². The van der Waals surface area contributed by atoms with Gasteiger partial charge in [-0.25, -0.2) is 15.0 Å². The van der Waals surface area contributed by atoms with Crippen LogP contribution in [0, 0.1) is 0 Å². The number of benzene rings is 8. The van der Waals surface area contributed by atoms with Gasteiger partial charge in [-0.3, -0.25) is 8.97 Å². The fourth-order valence-electron chi connectivity index (χ4n) is 8.51. The van der Waals surface area contributed by atoms with Crippen LogP contribution in [0.4, 0.5) is 0 Å². The second-order valence-corrected chi connectivity index (χ2v) is 13.7. The molecule has 52 heavy (non-hydrogen) atoms. The van der Waals surface area contributed by atoms with Gasteiger partial charge in [-0.05, 0) is 51.9 Å². The van der Waals surface area contributed by atoms with Gasteiger partial charge in [0.05, 0.1) is 38.8 Å². The third kappa shape index (κ3) is 3.74. The Kier molecular flexibility index (Phi) is 5.44. The van der Waals surface area contributed by atoms with Crippen LogP contribution in [0.1, 0.15) is 0 Å². The van der Waals surface area contributed by atoms with Crippen molar-refractivity contribution in [2.45, 2.75) is 0 Å². The number of hydrogen-bond donors (Lipinski definition) is 0. The van der Waals surface area contributed by atoms with Crippen LogP contribution in [0.15, 0.2) is 164 Å². The average molecular weight is 662 g/mol. The highest BCUT2D eigenvalue weighted by Gasteiger charge is 2.22. The van der Waals surface area contributed by atoms with Crippen LogP contribution < -0.4 is 0 Å². The van der Waals surface area contributed by atoms with Crippen LogP contribution in [-0.2, 0) is 0 Å². The number of nitrogens with zero attached hydrogens (tertiary/aromatic N) is 5. The molecule has 5 heteroatoms. The van der Waals surface area contributed by atoms with Gasteiger partial charge in [0.25, 0.3) is 0 Å². The van der Waals surface area contributed by atoms with Crippen molar-refractivity contribution >= 4 is 92.6 Å². The normalized spacial score (nSPS) is 12.2. The summed E-state index contributed by atoms with van der Waals surface area (Å²) in [4.78, 5) is 16.1. The van der Waals surface area contributed by atoms with E-state index in [1.165, 1.54) is 26.9 Å². The Morgan fingerprint density at radius 3 is 1.94 bits per heavy atom. The standard InChI is InChI=1S/C47H27N5/c1-2-13-30-25-31(22-21-28(30)11-1)44-37-18-7-9-19-39(37)49-47(50-44)52-42-27-43-40(26-38(42)35-24-23-29-12-3-4-14-32(29)45(35)52)48-46-36-17-6-5-15-33(36)34-16-8-10-20-41(34)51(43)46/h1-27H. The highest BCUT2D eigenvalue weighted by Crippen LogP contribution is 2.40. The van der Waals surface area contributed by atoms with Gasteiger partial charge >= 0.3 is 0 Å². The maximum absolute atomic E-state index is 5.48. The van der Waals surface area contributed by atoms with Crippen LogP contribution in [0.5, 0.6) is 0 Å². The molecular formula is C47H27N5. The van der Waals surface area contributed by atoms with Gasteiger partial charge in [-0.15, -0.1) is 0 Å². The average Bonchev–Trinajstić information content (AvgIpc) is 3.75. The molecule has 0 spiro atoms. The summed E-state index contributed by atoms with van der Waals surface area (Å²) in [6.07, 6.45) is 0. The van der Waals surface area contributed by atoms with Gasteiger partial charge in [-0.2, -0.15) is 0 Å². The van der Waals surface area contributed by atoms with Crippen molar-refractivity contribution in [3.8, 4) is 17.2 Å². The van der Waals surface area contributed by atoms with Crippen molar-refractivity contribution < 1.29 is 0 Å². The lowest BCUT2D eigenvalue weighted by Gasteiger charge is -2.13. The summed E-state index contributed by atoms with van der Waals surface area (Å²) in [6.45, 7) is 0. The molecule has 4 heterocycles. The summed E-state index contributed by atoms with van der Waals surface area (Å²) in [5.41, 5.74) is 9.10. The number of hydrogen-bond acceptors (Lipinski definition) is 3. The molecule has 0 N–H and O–H groups in total. The predicted molar refractivity (Wildman–Crippen MR) is 216 cm³/mol. The minimum absolute atomic E-state index is 0.640. The highest BCUT2D eigenvalue weighted by atomic mass is 15.2. The molecule has 0 aliphatic rings. The Hall–Kier alpha value is -7.11. The van der Waals surface area contributed by atoms with Crippen molar-refractivity contribution in [3.63, 3.8) is 0 Å². The van der Waals surface area contributed by atoms with Crippen molar-refractivity contribution in [1.82, 2.24) is 23.9 Å². The number of rotatable bonds is 2. The molecule has 5 nitrogen and oxygen atoms in total. The Balaban J connectivity index is 1.25. The second-order valence-electron chi connectivity index (χ2n) is 13.7. The highest BCUT2D eigenvalue weighted by molar-refractivity contribution is 6.21. The quantitative estimate of drug-likeness (QED) is 0.173. The summed E-state index contributed by atoms with van der Waals surface area (Å²) in [7, 11) is 0. The number of para-hydroxylation sites is 2. The first-order valence-corrected chi connectivity index (χ1v) is 17.6. The molecule has 0 bridgehead atoms. The van der Waals surface area contributed by atoms with Crippen molar-refractivity contribution in [1.29, 1.82) is 0 Å². The number of fused-ring (bicyclic) bond motifs is 15. The first-order valence-electron chi connectivity index (χ1n) is 17.6. The van der Waals surface area contributed by atoms with E-state index >= 15 is 0 Å². The van der Waals surface area contributed by atoms with E-state index < -0.39 is 0 Å². The first-order chi connectivity index (χ1) is 25.8. The molecule has 0 fully saturated rings. The number of pyridine rings is 1. The smallest absolute Gasteiger partial charge is 0.235 e. The van der Waals surface area contributed by atoms with Gasteiger partial charge < -0.3 is 0 Å². The summed E-state index contributed by atoms with van der Waals surface area (Å²) < 4.78 is 4.61. The van der Waals surface area contributed by atoms with Crippen molar-refractivity contribution in [3.05, 3.63) is 164 Å². The molecule has 12 aromatic rings. The molecule has 12 rings (SSSR count). The van der Waals surface area contributed by atoms with E-state index in [-0.39, 0.29) is 0 Å². The van der Waals surface area contributed by atoms with Crippen LogP contribution in [0.3, 0.4) is 0 Å². The van der Waals surface area contributed by atoms with E-state index in [4.69, 9.17) is 15.0 Å². The molecule has 0 radical (unpaired) electrons. The summed E-state index contributed by atoms with van der Waals surface area (Å²) in [6, 6.07) is 58.3. The molecule has 240 valence electrons. The van der Waals surface area contributed by atoms with Crippen molar-refractivity contribution in [2.75, 3.05) is 0 Å². The molecule has 0 saturated heterocycles. The molecule has 8 aromatic carbocycles. The molecule has 0 aliphatic carbocycles. The topological polar surface area (TPSA) is 48.0 Å². The third-order valence-electron chi connectivity index (χ3n) is 10.8. The van der Waals surface area contributed by atoms with Crippen LogP contribution in [0.2, 0.25) is 0 Å². The predicted octanol–water partition coefficient (Wildman–Crippen LogP) is 11.8. The van der Waals surface area contributed by atoms with Crippen molar-refractivity contribution in [2.24, 2.45) is 0 Å². The zero-order valence-electron chi connectivity index (χ0n) is 27.8. The molecule has 0 saturated carbocycles. The lowest BCUT2D eigenvalue weighted by atomic mass is 10.0. The zero-order chi connectivity index (χ0) is 33.9. The van der Waals surface area contributed by atoms with Gasteiger partial charge in [-0.1, -0.05) is 133 Å². The number of imidazole rings is 1. The van der Waals surface area contributed by atoms with E-state index in [0.29, 0.717) is 5.95 Å². The molecular weight excluding hydrogens is 635 g/mol. The van der Waals surface area contributed by atoms with Crippen LogP contribution >= 0.6 is 0 Å². The largest absolute Gasteiger partial charge is 0.292 e. The molecule has 0 amide bonds. The summed E-state index contributed by atoms with van der Waals surface area (Å²) in [5.74, 6) is 0.640. The third-order valence-corrected chi connectivity index (χ3v) is 10.8. The van der Waals surface area contributed by atoms with Gasteiger partial charge in [0.2, 0.25) is 5.95 Å². The minimum atomic E-state index is 0.640. The fraction of sp³-hybridized carbons (Fsp3) is 0. The zero-order valence-corrected chi connectivity index (χ0v) is 27.8. The van der Waals surface area contributed by atoms with E-state index in [1.807, 2.05) is 0 Å². The van der Waals surface area contributed by atoms with Gasteiger partial charge in [0, 0.05) is 37.9 Å². The minimum Gasteiger partial charge on any atom is -0.292 e. The van der Waals surface area contributed by atoms with Gasteiger partial charge in [0.1, 0.15) is 5.65 Å². The molecule has 0 aliphatic heterocycles. The Labute approximate surface area is 296 Å². The maximum atomic E-state index is 5.48. The number of aromatic nitrogens is 5. The lowest BCUT2D eigenvalue weighted by Crippen LogP contribution is -2.04. The Morgan fingerprint density at radius 2 is 1.06 bits per heavy atom. The van der Waals surface area contributed by atoms with E-state index in [1.54, 1.807) is 0 Å². The van der Waals surface area contributed by atoms with E-state index in [9.17, 15) is 0 Å². The maximum Gasteiger partial charge on any atom is 0.235 e. The Morgan fingerprint density at radius 1 is 0.365 bits per heavy atom. The Bertz CT molecular complexity index is 3480. The van der Waals surface area contributed by atoms with Crippen LogP contribution in [0.25, 0.3) is 110 Å². The monoisotopic (exact) mass is 661 g/mol. The molecule has 0 atom stereocenters. The molecule has 0 unspecified atom stereocenters. The fourth-order valence-corrected chi connectivity index (χ4v) is 8.51. The first kappa shape index (κ1) is 27.7. The summed E-state index contributed by atoms with van der Waals surface area (Å²) >= 11 is 0. The SMILES string of the molecule is c1ccc2cc(-c3nc(-n4c5cc6c(cc5c5ccc7ccccc7c54)nc4c5ccccc5c5ccccc5n64)nc4ccccc34)ccc2c1. The van der Waals surface area contributed by atoms with Crippen LogP contribution in [-0.4, -0.2) is 23.9 Å². The molecule has 4 aromatic heterocycles. The summed E-state index contributed by atoms with van der Waals surface area (Å²) in [5, 5.41) is 11.5. The second kappa shape index (κ2) is 10.2. The lowest BCUT2D eigenvalue weighted by molar-refractivity contribution is 1.02.